The molecule has 0 aromatic heterocycles. The van der Waals surface area contributed by atoms with Crippen LogP contribution < -0.4 is 4.74 Å². The average molecular weight is 302 g/mol. The Kier molecular flexibility index (Phi) is 5.95. The molecule has 0 radical (unpaired) electrons. The van der Waals surface area contributed by atoms with Gasteiger partial charge in [0.2, 0.25) is 0 Å². The van der Waals surface area contributed by atoms with Crippen LogP contribution in [0.25, 0.3) is 0 Å². The van der Waals surface area contributed by atoms with Gasteiger partial charge in [0, 0.05) is 4.47 Å². The predicted molar refractivity (Wildman–Crippen MR) is 73.6 cm³/mol. The molecule has 1 atom stereocenters. The lowest BCUT2D eigenvalue weighted by Gasteiger charge is -2.15. The van der Waals surface area contributed by atoms with Crippen molar-refractivity contribution >= 4 is 15.9 Å². The first kappa shape index (κ1) is 14.5. The van der Waals surface area contributed by atoms with E-state index in [1.807, 2.05) is 32.3 Å². The molecule has 0 bridgehead atoms. The summed E-state index contributed by atoms with van der Waals surface area (Å²) in [6, 6.07) is 5.82. The van der Waals surface area contributed by atoms with E-state index in [0.717, 1.165) is 28.8 Å². The standard InChI is InChI=1S/C13H20BrNO2/c1-15(2)7-6-11(16)8-10-9-12(17-3)4-5-13(10)14/h4-5,9,11,16H,6-8H2,1-3H3. The van der Waals surface area contributed by atoms with Crippen molar-refractivity contribution < 1.29 is 9.84 Å². The van der Waals surface area contributed by atoms with Crippen molar-refractivity contribution in [1.29, 1.82) is 0 Å². The zero-order chi connectivity index (χ0) is 12.8. The summed E-state index contributed by atoms with van der Waals surface area (Å²) < 4.78 is 6.19. The van der Waals surface area contributed by atoms with E-state index >= 15 is 0 Å². The van der Waals surface area contributed by atoms with E-state index in [0.29, 0.717) is 6.42 Å². The van der Waals surface area contributed by atoms with E-state index in [1.165, 1.54) is 0 Å². The topological polar surface area (TPSA) is 32.7 Å². The number of aliphatic hydroxyl groups is 1. The minimum Gasteiger partial charge on any atom is -0.497 e. The second-order valence-corrected chi connectivity index (χ2v) is 5.26. The summed E-state index contributed by atoms with van der Waals surface area (Å²) in [5.74, 6) is 0.822. The highest BCUT2D eigenvalue weighted by atomic mass is 79.9. The van der Waals surface area contributed by atoms with E-state index in [4.69, 9.17) is 4.74 Å². The van der Waals surface area contributed by atoms with Crippen LogP contribution in [0, 0.1) is 0 Å². The molecule has 0 aliphatic heterocycles. The molecular weight excluding hydrogens is 282 g/mol. The molecule has 1 rings (SSSR count). The van der Waals surface area contributed by atoms with Gasteiger partial charge in [-0.05, 0) is 57.2 Å². The van der Waals surface area contributed by atoms with Crippen molar-refractivity contribution in [2.75, 3.05) is 27.7 Å². The molecule has 0 heterocycles. The molecule has 1 aromatic carbocycles. The van der Waals surface area contributed by atoms with Gasteiger partial charge in [-0.15, -0.1) is 0 Å². The first-order valence-electron chi connectivity index (χ1n) is 5.68. The maximum absolute atomic E-state index is 9.95. The largest absolute Gasteiger partial charge is 0.497 e. The van der Waals surface area contributed by atoms with Crippen molar-refractivity contribution in [3.63, 3.8) is 0 Å². The van der Waals surface area contributed by atoms with E-state index < -0.39 is 0 Å². The first-order valence-corrected chi connectivity index (χ1v) is 6.47. The number of halogens is 1. The number of methoxy groups -OCH3 is 1. The summed E-state index contributed by atoms with van der Waals surface area (Å²) >= 11 is 3.49. The van der Waals surface area contributed by atoms with Crippen LogP contribution in [-0.2, 0) is 6.42 Å². The fraction of sp³-hybridized carbons (Fsp3) is 0.538. The lowest BCUT2D eigenvalue weighted by Crippen LogP contribution is -2.21. The predicted octanol–water partition coefficient (Wildman–Crippen LogP) is 2.31. The van der Waals surface area contributed by atoms with Crippen LogP contribution in [-0.4, -0.2) is 43.9 Å². The van der Waals surface area contributed by atoms with Crippen molar-refractivity contribution in [1.82, 2.24) is 4.90 Å². The highest BCUT2D eigenvalue weighted by molar-refractivity contribution is 9.10. The number of nitrogens with zero attached hydrogens (tertiary/aromatic N) is 1. The number of hydrogen-bond donors (Lipinski definition) is 1. The van der Waals surface area contributed by atoms with Gasteiger partial charge in [-0.2, -0.15) is 0 Å². The molecule has 0 saturated carbocycles. The van der Waals surface area contributed by atoms with Crippen molar-refractivity contribution in [3.8, 4) is 5.75 Å². The van der Waals surface area contributed by atoms with E-state index in [1.54, 1.807) is 7.11 Å². The van der Waals surface area contributed by atoms with Crippen molar-refractivity contribution in [2.24, 2.45) is 0 Å². The molecule has 0 spiro atoms. The zero-order valence-electron chi connectivity index (χ0n) is 10.6. The van der Waals surface area contributed by atoms with Crippen LogP contribution >= 0.6 is 15.9 Å². The smallest absolute Gasteiger partial charge is 0.119 e. The minimum absolute atomic E-state index is 0.319. The van der Waals surface area contributed by atoms with Gasteiger partial charge in [0.25, 0.3) is 0 Å². The second-order valence-electron chi connectivity index (χ2n) is 4.41. The lowest BCUT2D eigenvalue weighted by molar-refractivity contribution is 0.152. The molecule has 0 saturated heterocycles. The summed E-state index contributed by atoms with van der Waals surface area (Å²) in [4.78, 5) is 2.07. The Morgan fingerprint density at radius 3 is 2.71 bits per heavy atom. The lowest BCUT2D eigenvalue weighted by atomic mass is 10.1. The number of rotatable bonds is 6. The average Bonchev–Trinajstić information content (AvgIpc) is 2.29. The monoisotopic (exact) mass is 301 g/mol. The van der Waals surface area contributed by atoms with Gasteiger partial charge in [-0.1, -0.05) is 15.9 Å². The summed E-state index contributed by atoms with van der Waals surface area (Å²) in [5, 5.41) is 9.95. The summed E-state index contributed by atoms with van der Waals surface area (Å²) in [6.45, 7) is 0.892. The molecular formula is C13H20BrNO2. The Labute approximate surface area is 112 Å². The highest BCUT2D eigenvalue weighted by Gasteiger charge is 2.09. The van der Waals surface area contributed by atoms with Crippen LogP contribution in [0.2, 0.25) is 0 Å². The van der Waals surface area contributed by atoms with Gasteiger partial charge < -0.3 is 14.7 Å². The quantitative estimate of drug-likeness (QED) is 0.875. The Morgan fingerprint density at radius 1 is 1.41 bits per heavy atom. The molecule has 96 valence electrons. The fourth-order valence-corrected chi connectivity index (χ4v) is 2.01. The van der Waals surface area contributed by atoms with E-state index in [-0.39, 0.29) is 6.10 Å². The Balaban J connectivity index is 2.60. The molecule has 0 aliphatic rings. The summed E-state index contributed by atoms with van der Waals surface area (Å²) in [7, 11) is 5.66. The third-order valence-electron chi connectivity index (χ3n) is 2.62. The second kappa shape index (κ2) is 6.99. The third kappa shape index (κ3) is 5.06. The van der Waals surface area contributed by atoms with Gasteiger partial charge in [-0.25, -0.2) is 0 Å². The van der Waals surface area contributed by atoms with Crippen LogP contribution in [0.15, 0.2) is 22.7 Å². The van der Waals surface area contributed by atoms with Gasteiger partial charge in [0.1, 0.15) is 5.75 Å². The van der Waals surface area contributed by atoms with E-state index in [2.05, 4.69) is 20.8 Å². The number of aliphatic hydroxyl groups excluding tert-OH is 1. The summed E-state index contributed by atoms with van der Waals surface area (Å²) in [6.07, 6.45) is 1.10. The van der Waals surface area contributed by atoms with Gasteiger partial charge in [0.15, 0.2) is 0 Å². The molecule has 1 N–H and O–H groups in total. The van der Waals surface area contributed by atoms with Crippen LogP contribution in [0.1, 0.15) is 12.0 Å². The third-order valence-corrected chi connectivity index (χ3v) is 3.39. The number of benzene rings is 1. The van der Waals surface area contributed by atoms with E-state index in [9.17, 15) is 5.11 Å². The maximum Gasteiger partial charge on any atom is 0.119 e. The van der Waals surface area contributed by atoms with Crippen LogP contribution in [0.3, 0.4) is 0 Å². The van der Waals surface area contributed by atoms with Gasteiger partial charge in [-0.3, -0.25) is 0 Å². The minimum atomic E-state index is -0.319. The SMILES string of the molecule is COc1ccc(Br)c(CC(O)CCN(C)C)c1. The zero-order valence-corrected chi connectivity index (χ0v) is 12.2. The normalized spacial score (nSPS) is 12.8. The molecule has 0 aliphatic carbocycles. The Morgan fingerprint density at radius 2 is 2.12 bits per heavy atom. The fourth-order valence-electron chi connectivity index (χ4n) is 1.60. The molecule has 3 nitrogen and oxygen atoms in total. The number of hydrogen-bond acceptors (Lipinski definition) is 3. The Bertz CT molecular complexity index is 355. The molecule has 1 aromatic rings. The highest BCUT2D eigenvalue weighted by Crippen LogP contribution is 2.24. The molecule has 17 heavy (non-hydrogen) atoms. The van der Waals surface area contributed by atoms with Crippen molar-refractivity contribution in [3.05, 3.63) is 28.2 Å². The van der Waals surface area contributed by atoms with Crippen molar-refractivity contribution in [2.45, 2.75) is 18.9 Å². The first-order chi connectivity index (χ1) is 8.02. The molecule has 4 heteroatoms. The molecule has 0 amide bonds. The van der Waals surface area contributed by atoms with Crippen LogP contribution in [0.5, 0.6) is 5.75 Å². The van der Waals surface area contributed by atoms with Gasteiger partial charge >= 0.3 is 0 Å². The van der Waals surface area contributed by atoms with Gasteiger partial charge in [0.05, 0.1) is 13.2 Å². The molecule has 0 fully saturated rings. The summed E-state index contributed by atoms with van der Waals surface area (Å²) in [5.41, 5.74) is 1.08. The Hall–Kier alpha value is -0.580. The maximum atomic E-state index is 9.95. The number of ether oxygens (including phenoxy) is 1. The van der Waals surface area contributed by atoms with Crippen LogP contribution in [0.4, 0.5) is 0 Å². The molecule has 1 unspecified atom stereocenters.